The second-order valence-corrected chi connectivity index (χ2v) is 4.78. The van der Waals surface area contributed by atoms with Crippen molar-refractivity contribution in [2.24, 2.45) is 11.8 Å². The fraction of sp³-hybridized carbons (Fsp3) is 0.692. The third-order valence-corrected chi connectivity index (χ3v) is 3.18. The zero-order valence-corrected chi connectivity index (χ0v) is 10.6. The van der Waals surface area contributed by atoms with Gasteiger partial charge in [-0.25, -0.2) is 0 Å². The van der Waals surface area contributed by atoms with E-state index in [1.165, 1.54) is 0 Å². The lowest BCUT2D eigenvalue weighted by molar-refractivity contribution is -0.147. The second-order valence-electron chi connectivity index (χ2n) is 4.78. The van der Waals surface area contributed by atoms with Gasteiger partial charge < -0.3 is 15.5 Å². The maximum atomic E-state index is 11.9. The van der Waals surface area contributed by atoms with E-state index >= 15 is 0 Å². The minimum atomic E-state index is -0.913. The molecule has 0 saturated heterocycles. The predicted octanol–water partition coefficient (Wildman–Crippen LogP) is 0.931. The number of amides is 1. The summed E-state index contributed by atoms with van der Waals surface area (Å²) in [6.45, 7) is 2.19. The van der Waals surface area contributed by atoms with Crippen molar-refractivity contribution in [3.8, 4) is 0 Å². The fourth-order valence-electron chi connectivity index (χ4n) is 2.12. The number of nitrogens with one attached hydrogen (secondary N) is 1. The molecule has 1 unspecified atom stereocenters. The number of aliphatic carboxylic acids is 1. The van der Waals surface area contributed by atoms with Gasteiger partial charge in [-0.05, 0) is 32.6 Å². The molecule has 0 radical (unpaired) electrons. The summed E-state index contributed by atoms with van der Waals surface area (Å²) in [5.41, 5.74) is 0. The number of carboxylic acid groups (broad SMARTS) is 1. The molecule has 0 bridgehead atoms. The maximum absolute atomic E-state index is 11.9. The maximum Gasteiger partial charge on any atom is 0.307 e. The van der Waals surface area contributed by atoms with Gasteiger partial charge in [0.1, 0.15) is 0 Å². The molecular formula is C13H21NO4. The van der Waals surface area contributed by atoms with Crippen molar-refractivity contribution in [3.63, 3.8) is 0 Å². The highest BCUT2D eigenvalue weighted by Gasteiger charge is 2.33. The monoisotopic (exact) mass is 255 g/mol. The molecule has 18 heavy (non-hydrogen) atoms. The van der Waals surface area contributed by atoms with Crippen LogP contribution in [0.2, 0.25) is 0 Å². The molecule has 0 aromatic heterocycles. The van der Waals surface area contributed by atoms with Crippen LogP contribution in [0, 0.1) is 11.8 Å². The molecule has 3 atom stereocenters. The Morgan fingerprint density at radius 2 is 1.94 bits per heavy atom. The quantitative estimate of drug-likeness (QED) is 0.487. The average molecular weight is 255 g/mol. The molecule has 0 aromatic rings. The summed E-state index contributed by atoms with van der Waals surface area (Å²) < 4.78 is 0. The van der Waals surface area contributed by atoms with E-state index in [9.17, 15) is 9.59 Å². The van der Waals surface area contributed by atoms with Crippen LogP contribution in [-0.4, -0.2) is 34.7 Å². The Kier molecular flexibility index (Phi) is 5.85. The summed E-state index contributed by atoms with van der Waals surface area (Å²) in [6, 6.07) is 0. The third-order valence-electron chi connectivity index (χ3n) is 3.18. The van der Waals surface area contributed by atoms with Gasteiger partial charge >= 0.3 is 5.97 Å². The number of aliphatic hydroxyl groups is 1. The van der Waals surface area contributed by atoms with Crippen LogP contribution in [0.15, 0.2) is 12.2 Å². The van der Waals surface area contributed by atoms with Crippen molar-refractivity contribution < 1.29 is 19.8 Å². The Morgan fingerprint density at radius 1 is 1.33 bits per heavy atom. The zero-order valence-electron chi connectivity index (χ0n) is 10.6. The number of rotatable bonds is 6. The molecule has 0 aliphatic heterocycles. The first-order valence-electron chi connectivity index (χ1n) is 6.36. The smallest absolute Gasteiger partial charge is 0.307 e. The lowest BCUT2D eigenvalue weighted by Crippen LogP contribution is -2.39. The van der Waals surface area contributed by atoms with E-state index in [0.29, 0.717) is 32.2 Å². The van der Waals surface area contributed by atoms with E-state index in [1.807, 2.05) is 12.2 Å². The molecule has 102 valence electrons. The number of carbonyl (C=O) groups excluding carboxylic acids is 1. The predicted molar refractivity (Wildman–Crippen MR) is 66.9 cm³/mol. The first-order valence-corrected chi connectivity index (χ1v) is 6.36. The Hall–Kier alpha value is -1.36. The second kappa shape index (κ2) is 7.16. The standard InChI is InChI=1S/C13H21NO4/c1-9(15)5-4-8-14-12(16)10-6-2-3-7-11(10)13(17)18/h2-3,9-11,15H,4-8H2,1H3,(H,14,16)(H,17,18)/t9?,10-,11+/m1/s1. The van der Waals surface area contributed by atoms with E-state index in [1.54, 1.807) is 6.92 Å². The molecule has 5 nitrogen and oxygen atoms in total. The van der Waals surface area contributed by atoms with Crippen LogP contribution in [-0.2, 0) is 9.59 Å². The van der Waals surface area contributed by atoms with Crippen LogP contribution in [0.1, 0.15) is 32.6 Å². The fourth-order valence-corrected chi connectivity index (χ4v) is 2.12. The van der Waals surface area contributed by atoms with E-state index in [0.717, 1.165) is 0 Å². The van der Waals surface area contributed by atoms with E-state index in [2.05, 4.69) is 5.32 Å². The first kappa shape index (κ1) is 14.7. The van der Waals surface area contributed by atoms with Crippen molar-refractivity contribution in [1.29, 1.82) is 0 Å². The number of carboxylic acids is 1. The Morgan fingerprint density at radius 3 is 2.50 bits per heavy atom. The molecule has 0 aromatic carbocycles. The molecule has 1 aliphatic rings. The molecule has 0 saturated carbocycles. The van der Waals surface area contributed by atoms with Crippen molar-refractivity contribution in [2.45, 2.75) is 38.7 Å². The lowest BCUT2D eigenvalue weighted by Gasteiger charge is -2.24. The molecule has 1 aliphatic carbocycles. The molecule has 1 amide bonds. The summed E-state index contributed by atoms with van der Waals surface area (Å²) in [5.74, 6) is -2.20. The van der Waals surface area contributed by atoms with Crippen LogP contribution in [0.4, 0.5) is 0 Å². The molecule has 0 heterocycles. The highest BCUT2D eigenvalue weighted by molar-refractivity contribution is 5.85. The number of hydrogen-bond acceptors (Lipinski definition) is 3. The third kappa shape index (κ3) is 4.49. The summed E-state index contributed by atoms with van der Waals surface area (Å²) in [6.07, 6.45) is 5.54. The van der Waals surface area contributed by atoms with Crippen molar-refractivity contribution in [2.75, 3.05) is 6.54 Å². The molecular weight excluding hydrogens is 234 g/mol. The van der Waals surface area contributed by atoms with Gasteiger partial charge in [-0.1, -0.05) is 12.2 Å². The van der Waals surface area contributed by atoms with E-state index in [-0.39, 0.29) is 12.0 Å². The minimum absolute atomic E-state index is 0.197. The summed E-state index contributed by atoms with van der Waals surface area (Å²) >= 11 is 0. The summed E-state index contributed by atoms with van der Waals surface area (Å²) in [7, 11) is 0. The number of aliphatic hydroxyl groups excluding tert-OH is 1. The number of carbonyl (C=O) groups is 2. The zero-order chi connectivity index (χ0) is 13.5. The minimum Gasteiger partial charge on any atom is -0.481 e. The van der Waals surface area contributed by atoms with Crippen molar-refractivity contribution in [3.05, 3.63) is 12.2 Å². The van der Waals surface area contributed by atoms with Gasteiger partial charge in [0, 0.05) is 6.54 Å². The topological polar surface area (TPSA) is 86.6 Å². The van der Waals surface area contributed by atoms with Gasteiger partial charge in [-0.2, -0.15) is 0 Å². The number of hydrogen-bond donors (Lipinski definition) is 3. The van der Waals surface area contributed by atoms with Gasteiger partial charge in [0.2, 0.25) is 5.91 Å². The van der Waals surface area contributed by atoms with Gasteiger partial charge in [-0.15, -0.1) is 0 Å². The van der Waals surface area contributed by atoms with Gasteiger partial charge in [-0.3, -0.25) is 9.59 Å². The highest BCUT2D eigenvalue weighted by Crippen LogP contribution is 2.25. The SMILES string of the molecule is CC(O)CCCNC(=O)[C@@H]1CC=CC[C@@H]1C(=O)O. The Labute approximate surface area is 107 Å². The van der Waals surface area contributed by atoms with E-state index < -0.39 is 17.8 Å². The normalized spacial score (nSPS) is 24.6. The summed E-state index contributed by atoms with van der Waals surface area (Å²) in [4.78, 5) is 22.9. The molecule has 5 heteroatoms. The lowest BCUT2D eigenvalue weighted by atomic mass is 9.82. The Bertz CT molecular complexity index is 325. The van der Waals surface area contributed by atoms with Crippen molar-refractivity contribution in [1.82, 2.24) is 5.32 Å². The first-order chi connectivity index (χ1) is 8.52. The van der Waals surface area contributed by atoms with Gasteiger partial charge in [0.15, 0.2) is 0 Å². The van der Waals surface area contributed by atoms with Gasteiger partial charge in [0.25, 0.3) is 0 Å². The largest absolute Gasteiger partial charge is 0.481 e. The average Bonchev–Trinajstić information content (AvgIpc) is 2.34. The van der Waals surface area contributed by atoms with Crippen LogP contribution in [0.3, 0.4) is 0 Å². The van der Waals surface area contributed by atoms with E-state index in [4.69, 9.17) is 10.2 Å². The molecule has 3 N–H and O–H groups in total. The highest BCUT2D eigenvalue weighted by atomic mass is 16.4. The van der Waals surface area contributed by atoms with Crippen LogP contribution in [0.5, 0.6) is 0 Å². The van der Waals surface area contributed by atoms with Gasteiger partial charge in [0.05, 0.1) is 17.9 Å². The Balaban J connectivity index is 2.39. The summed E-state index contributed by atoms with van der Waals surface area (Å²) in [5, 5.41) is 20.9. The van der Waals surface area contributed by atoms with Crippen molar-refractivity contribution >= 4 is 11.9 Å². The van der Waals surface area contributed by atoms with Crippen LogP contribution >= 0.6 is 0 Å². The molecule has 0 fully saturated rings. The van der Waals surface area contributed by atoms with Crippen LogP contribution < -0.4 is 5.32 Å². The molecule has 0 spiro atoms. The van der Waals surface area contributed by atoms with Crippen LogP contribution in [0.25, 0.3) is 0 Å². The molecule has 1 rings (SSSR count). The number of allylic oxidation sites excluding steroid dienone is 2.